The van der Waals surface area contributed by atoms with Gasteiger partial charge in [-0.2, -0.15) is 0 Å². The van der Waals surface area contributed by atoms with Gasteiger partial charge in [0.15, 0.2) is 0 Å². The first kappa shape index (κ1) is 17.0. The van der Waals surface area contributed by atoms with Gasteiger partial charge in [-0.3, -0.25) is 0 Å². The van der Waals surface area contributed by atoms with E-state index in [9.17, 15) is 12.8 Å². The number of hydrogen-bond acceptors (Lipinski definition) is 4. The minimum Gasteiger partial charge on any atom is -0.392 e. The van der Waals surface area contributed by atoms with Crippen molar-refractivity contribution in [3.05, 3.63) is 29.6 Å². The zero-order valence-electron chi connectivity index (χ0n) is 11.9. The molecule has 0 aliphatic carbocycles. The van der Waals surface area contributed by atoms with Gasteiger partial charge in [-0.05, 0) is 38.6 Å². The summed E-state index contributed by atoms with van der Waals surface area (Å²) >= 11 is 0. The first-order valence-corrected chi connectivity index (χ1v) is 7.85. The maximum atomic E-state index is 13.7. The van der Waals surface area contributed by atoms with Gasteiger partial charge in [-0.15, -0.1) is 0 Å². The highest BCUT2D eigenvalue weighted by atomic mass is 32.2. The van der Waals surface area contributed by atoms with Crippen LogP contribution in [0.3, 0.4) is 0 Å². The zero-order chi connectivity index (χ0) is 15.3. The predicted octanol–water partition coefficient (Wildman–Crippen LogP) is 0.936. The zero-order valence-corrected chi connectivity index (χ0v) is 12.7. The number of aliphatic hydroxyl groups excluding tert-OH is 1. The Hall–Kier alpha value is -1.02. The second-order valence-electron chi connectivity index (χ2n) is 4.90. The van der Waals surface area contributed by atoms with E-state index in [-0.39, 0.29) is 13.2 Å². The van der Waals surface area contributed by atoms with E-state index in [0.29, 0.717) is 18.2 Å². The molecule has 0 bridgehead atoms. The standard InChI is InChI=1S/C13H21FN2O3S/c1-10(2)16(3)7-6-15-20(18,19)13-5-4-11(9-17)8-12(13)14/h4-5,8,10,15,17H,6-7,9H2,1-3H3. The minimum absolute atomic E-state index is 0.207. The summed E-state index contributed by atoms with van der Waals surface area (Å²) in [6, 6.07) is 3.88. The average Bonchev–Trinajstić information content (AvgIpc) is 2.37. The molecule has 0 aliphatic rings. The molecule has 0 unspecified atom stereocenters. The topological polar surface area (TPSA) is 69.6 Å². The van der Waals surface area contributed by atoms with E-state index in [2.05, 4.69) is 4.72 Å². The average molecular weight is 304 g/mol. The van der Waals surface area contributed by atoms with Crippen LogP contribution in [-0.4, -0.2) is 44.6 Å². The molecular formula is C13H21FN2O3S. The van der Waals surface area contributed by atoms with E-state index in [1.54, 1.807) is 0 Å². The van der Waals surface area contributed by atoms with Crippen LogP contribution in [0.1, 0.15) is 19.4 Å². The molecule has 114 valence electrons. The van der Waals surface area contributed by atoms with Gasteiger partial charge in [-0.1, -0.05) is 6.07 Å². The van der Waals surface area contributed by atoms with Crippen LogP contribution in [0.5, 0.6) is 0 Å². The molecule has 2 N–H and O–H groups in total. The van der Waals surface area contributed by atoms with Crippen molar-refractivity contribution in [2.75, 3.05) is 20.1 Å². The molecule has 0 atom stereocenters. The van der Waals surface area contributed by atoms with Crippen LogP contribution in [0.2, 0.25) is 0 Å². The molecule has 7 heteroatoms. The Kier molecular flexibility index (Phi) is 6.07. The number of rotatable bonds is 7. The maximum Gasteiger partial charge on any atom is 0.243 e. The maximum absolute atomic E-state index is 13.7. The monoisotopic (exact) mass is 304 g/mol. The molecule has 5 nitrogen and oxygen atoms in total. The summed E-state index contributed by atoms with van der Waals surface area (Å²) < 4.78 is 40.0. The quantitative estimate of drug-likeness (QED) is 0.786. The summed E-state index contributed by atoms with van der Waals surface area (Å²) in [6.45, 7) is 4.42. The van der Waals surface area contributed by atoms with Crippen LogP contribution >= 0.6 is 0 Å². The highest BCUT2D eigenvalue weighted by Crippen LogP contribution is 2.15. The van der Waals surface area contributed by atoms with Crippen molar-refractivity contribution in [1.82, 2.24) is 9.62 Å². The van der Waals surface area contributed by atoms with Crippen molar-refractivity contribution in [2.24, 2.45) is 0 Å². The molecule has 0 saturated heterocycles. The Morgan fingerprint density at radius 3 is 2.55 bits per heavy atom. The molecule has 1 aromatic rings. The van der Waals surface area contributed by atoms with Gasteiger partial charge in [0.05, 0.1) is 6.61 Å². The van der Waals surface area contributed by atoms with Crippen molar-refractivity contribution >= 4 is 10.0 Å². The van der Waals surface area contributed by atoms with Crippen LogP contribution < -0.4 is 4.72 Å². The van der Waals surface area contributed by atoms with Crippen molar-refractivity contribution in [3.8, 4) is 0 Å². The van der Waals surface area contributed by atoms with Gasteiger partial charge in [0.1, 0.15) is 10.7 Å². The molecule has 1 rings (SSSR count). The van der Waals surface area contributed by atoms with E-state index in [1.807, 2.05) is 25.8 Å². The molecule has 0 saturated carbocycles. The summed E-state index contributed by atoms with van der Waals surface area (Å²) in [5.74, 6) is -0.860. The summed E-state index contributed by atoms with van der Waals surface area (Å²) in [6.07, 6.45) is 0. The number of halogens is 1. The molecule has 1 aromatic carbocycles. The number of benzene rings is 1. The molecule has 0 heterocycles. The Morgan fingerprint density at radius 1 is 1.40 bits per heavy atom. The Labute approximate surface area is 119 Å². The van der Waals surface area contributed by atoms with Crippen molar-refractivity contribution in [1.29, 1.82) is 0 Å². The van der Waals surface area contributed by atoms with Crippen LogP contribution in [0.25, 0.3) is 0 Å². The van der Waals surface area contributed by atoms with Crippen LogP contribution in [0, 0.1) is 5.82 Å². The SMILES string of the molecule is CC(C)N(C)CCNS(=O)(=O)c1ccc(CO)cc1F. The number of aliphatic hydroxyl groups is 1. The van der Waals surface area contributed by atoms with E-state index in [0.717, 1.165) is 12.1 Å². The van der Waals surface area contributed by atoms with Gasteiger partial charge < -0.3 is 10.0 Å². The molecule has 0 aromatic heterocycles. The second-order valence-corrected chi connectivity index (χ2v) is 6.63. The molecule has 20 heavy (non-hydrogen) atoms. The highest BCUT2D eigenvalue weighted by Gasteiger charge is 2.19. The fraction of sp³-hybridized carbons (Fsp3) is 0.538. The number of nitrogens with zero attached hydrogens (tertiary/aromatic N) is 1. The van der Waals surface area contributed by atoms with Gasteiger partial charge in [0, 0.05) is 19.1 Å². The van der Waals surface area contributed by atoms with Gasteiger partial charge >= 0.3 is 0 Å². The lowest BCUT2D eigenvalue weighted by atomic mass is 10.2. The fourth-order valence-electron chi connectivity index (χ4n) is 1.55. The Balaban J connectivity index is 2.74. The second kappa shape index (κ2) is 7.12. The number of nitrogens with one attached hydrogen (secondary N) is 1. The van der Waals surface area contributed by atoms with E-state index in [4.69, 9.17) is 5.11 Å². The molecule has 0 spiro atoms. The van der Waals surface area contributed by atoms with Gasteiger partial charge in [0.25, 0.3) is 0 Å². The predicted molar refractivity (Wildman–Crippen MR) is 75.3 cm³/mol. The normalized spacial score (nSPS) is 12.3. The number of sulfonamides is 1. The van der Waals surface area contributed by atoms with Crippen molar-refractivity contribution in [2.45, 2.75) is 31.4 Å². The van der Waals surface area contributed by atoms with Gasteiger partial charge in [0.2, 0.25) is 10.0 Å². The third-order valence-corrected chi connectivity index (χ3v) is 4.60. The van der Waals surface area contributed by atoms with Gasteiger partial charge in [-0.25, -0.2) is 17.5 Å². The summed E-state index contributed by atoms with van der Waals surface area (Å²) in [5.41, 5.74) is 0.334. The summed E-state index contributed by atoms with van der Waals surface area (Å²) in [5, 5.41) is 8.87. The summed E-state index contributed by atoms with van der Waals surface area (Å²) in [4.78, 5) is 1.58. The van der Waals surface area contributed by atoms with E-state index < -0.39 is 20.7 Å². The Morgan fingerprint density at radius 2 is 2.05 bits per heavy atom. The largest absolute Gasteiger partial charge is 0.392 e. The number of hydrogen-bond donors (Lipinski definition) is 2. The van der Waals surface area contributed by atoms with E-state index in [1.165, 1.54) is 6.07 Å². The third kappa shape index (κ3) is 4.52. The molecule has 0 aliphatic heterocycles. The summed E-state index contributed by atoms with van der Waals surface area (Å²) in [7, 11) is -1.99. The molecule has 0 amide bonds. The molecular weight excluding hydrogens is 283 g/mol. The van der Waals surface area contributed by atoms with Crippen molar-refractivity contribution in [3.63, 3.8) is 0 Å². The fourth-order valence-corrected chi connectivity index (χ4v) is 2.63. The lowest BCUT2D eigenvalue weighted by Crippen LogP contribution is -2.36. The lowest BCUT2D eigenvalue weighted by molar-refractivity contribution is 0.278. The first-order valence-electron chi connectivity index (χ1n) is 6.37. The van der Waals surface area contributed by atoms with Crippen LogP contribution in [0.15, 0.2) is 23.1 Å². The Bertz CT molecular complexity index is 547. The first-order chi connectivity index (χ1) is 9.27. The van der Waals surface area contributed by atoms with Crippen LogP contribution in [-0.2, 0) is 16.6 Å². The molecule has 0 radical (unpaired) electrons. The van der Waals surface area contributed by atoms with Crippen molar-refractivity contribution < 1.29 is 17.9 Å². The highest BCUT2D eigenvalue weighted by molar-refractivity contribution is 7.89. The third-order valence-electron chi connectivity index (χ3n) is 3.11. The minimum atomic E-state index is -3.87. The lowest BCUT2D eigenvalue weighted by Gasteiger charge is -2.20. The van der Waals surface area contributed by atoms with E-state index >= 15 is 0 Å². The molecule has 0 fully saturated rings. The van der Waals surface area contributed by atoms with Crippen LogP contribution in [0.4, 0.5) is 4.39 Å². The smallest absolute Gasteiger partial charge is 0.243 e. The number of likely N-dealkylation sites (N-methyl/N-ethyl adjacent to an activating group) is 1.